The van der Waals surface area contributed by atoms with Crippen molar-refractivity contribution in [2.45, 2.75) is 6.54 Å². The normalized spacial score (nSPS) is 10.1. The van der Waals surface area contributed by atoms with E-state index < -0.39 is 11.8 Å². The van der Waals surface area contributed by atoms with Crippen LogP contribution in [0.15, 0.2) is 42.7 Å². The zero-order valence-corrected chi connectivity index (χ0v) is 13.0. The quantitative estimate of drug-likeness (QED) is 0.755. The van der Waals surface area contributed by atoms with Crippen LogP contribution in [-0.4, -0.2) is 30.6 Å². The summed E-state index contributed by atoms with van der Waals surface area (Å²) in [6.45, 7) is 0.0484. The lowest BCUT2D eigenvalue weighted by atomic mass is 10.2. The molecule has 24 heavy (non-hydrogen) atoms. The molecule has 0 saturated carbocycles. The van der Waals surface area contributed by atoms with Gasteiger partial charge < -0.3 is 20.7 Å². The van der Waals surface area contributed by atoms with Gasteiger partial charge >= 0.3 is 6.03 Å². The molecule has 0 saturated heterocycles. The fraction of sp³-hybridized carbons (Fsp3) is 0.188. The van der Waals surface area contributed by atoms with Crippen molar-refractivity contribution in [1.82, 2.24) is 10.3 Å². The van der Waals surface area contributed by atoms with E-state index in [1.165, 1.54) is 25.4 Å². The molecule has 3 amide bonds. The number of nitrogens with zero attached hydrogens (tertiary/aromatic N) is 1. The highest BCUT2D eigenvalue weighted by molar-refractivity contribution is 5.99. The predicted molar refractivity (Wildman–Crippen MR) is 87.0 cm³/mol. The molecule has 3 N–H and O–H groups in total. The first-order valence-electron chi connectivity index (χ1n) is 7.10. The van der Waals surface area contributed by atoms with Gasteiger partial charge in [-0.15, -0.1) is 0 Å². The Morgan fingerprint density at radius 2 is 2.00 bits per heavy atom. The van der Waals surface area contributed by atoms with Crippen LogP contribution in [0.25, 0.3) is 0 Å². The highest BCUT2D eigenvalue weighted by atomic mass is 19.1. The second-order valence-corrected chi connectivity index (χ2v) is 4.88. The summed E-state index contributed by atoms with van der Waals surface area (Å²) in [4.78, 5) is 27.1. The predicted octanol–water partition coefficient (Wildman–Crippen LogP) is 2.13. The van der Waals surface area contributed by atoms with Gasteiger partial charge in [0.1, 0.15) is 12.4 Å². The van der Waals surface area contributed by atoms with Crippen LogP contribution in [0.1, 0.15) is 5.56 Å². The van der Waals surface area contributed by atoms with E-state index in [0.717, 1.165) is 0 Å². The second kappa shape index (κ2) is 8.59. The number of methoxy groups -OCH3 is 1. The number of rotatable bonds is 6. The first-order valence-corrected chi connectivity index (χ1v) is 7.10. The molecule has 0 aliphatic rings. The minimum Gasteiger partial charge on any atom is -0.375 e. The monoisotopic (exact) mass is 332 g/mol. The summed E-state index contributed by atoms with van der Waals surface area (Å²) < 4.78 is 18.4. The number of hydrogen-bond donors (Lipinski definition) is 3. The molecule has 0 unspecified atom stereocenters. The summed E-state index contributed by atoms with van der Waals surface area (Å²) in [5.41, 5.74) is 1.29. The number of amides is 3. The lowest BCUT2D eigenvalue weighted by Crippen LogP contribution is -2.26. The summed E-state index contributed by atoms with van der Waals surface area (Å²) in [5, 5.41) is 7.68. The van der Waals surface area contributed by atoms with Crippen molar-refractivity contribution in [3.05, 3.63) is 54.1 Å². The molecule has 1 heterocycles. The minimum atomic E-state index is -0.525. The van der Waals surface area contributed by atoms with Gasteiger partial charge in [-0.05, 0) is 35.9 Å². The third-order valence-electron chi connectivity index (χ3n) is 2.90. The zero-order valence-electron chi connectivity index (χ0n) is 13.0. The molecule has 1 aromatic heterocycles. The first-order chi connectivity index (χ1) is 11.6. The van der Waals surface area contributed by atoms with Gasteiger partial charge in [0.15, 0.2) is 0 Å². The molecule has 0 bridgehead atoms. The molecule has 0 aliphatic carbocycles. The van der Waals surface area contributed by atoms with Crippen LogP contribution in [0.4, 0.5) is 20.6 Å². The van der Waals surface area contributed by atoms with Gasteiger partial charge in [0.05, 0.1) is 11.9 Å². The number of aromatic nitrogens is 1. The van der Waals surface area contributed by atoms with E-state index in [1.54, 1.807) is 24.4 Å². The van der Waals surface area contributed by atoms with Gasteiger partial charge in [-0.1, -0.05) is 0 Å². The van der Waals surface area contributed by atoms with E-state index in [-0.39, 0.29) is 24.7 Å². The van der Waals surface area contributed by atoms with Crippen LogP contribution in [0.2, 0.25) is 0 Å². The summed E-state index contributed by atoms with van der Waals surface area (Å²) in [7, 11) is 1.41. The van der Waals surface area contributed by atoms with Gasteiger partial charge in [0, 0.05) is 25.5 Å². The number of pyridine rings is 1. The smallest absolute Gasteiger partial charge is 0.323 e. The number of carbonyl (C=O) groups is 2. The van der Waals surface area contributed by atoms with Crippen LogP contribution in [-0.2, 0) is 16.1 Å². The van der Waals surface area contributed by atoms with Gasteiger partial charge in [-0.25, -0.2) is 9.18 Å². The average molecular weight is 332 g/mol. The number of hydrogen-bond acceptors (Lipinski definition) is 4. The Bertz CT molecular complexity index is 710. The summed E-state index contributed by atoms with van der Waals surface area (Å²) in [5.74, 6) is -0.837. The maximum atomic E-state index is 13.7. The lowest BCUT2D eigenvalue weighted by molar-refractivity contribution is -0.124. The number of benzene rings is 1. The van der Waals surface area contributed by atoms with Crippen LogP contribution in [0.5, 0.6) is 0 Å². The van der Waals surface area contributed by atoms with Crippen molar-refractivity contribution in [3.8, 4) is 0 Å². The largest absolute Gasteiger partial charge is 0.375 e. The van der Waals surface area contributed by atoms with Gasteiger partial charge in [-0.3, -0.25) is 9.78 Å². The lowest BCUT2D eigenvalue weighted by Gasteiger charge is -2.10. The molecular formula is C16H17FN4O3. The topological polar surface area (TPSA) is 92.4 Å². The van der Waals surface area contributed by atoms with E-state index in [4.69, 9.17) is 4.74 Å². The minimum absolute atomic E-state index is 0.0755. The number of urea groups is 1. The maximum absolute atomic E-state index is 13.7. The Morgan fingerprint density at radius 3 is 2.71 bits per heavy atom. The average Bonchev–Trinajstić information content (AvgIpc) is 2.53. The SMILES string of the molecule is COCC(=O)NCc1cc(F)cc(NC(=O)Nc2cccnc2)c1. The maximum Gasteiger partial charge on any atom is 0.323 e. The van der Waals surface area contributed by atoms with Crippen molar-refractivity contribution < 1.29 is 18.7 Å². The molecule has 0 atom stereocenters. The van der Waals surface area contributed by atoms with Crippen LogP contribution < -0.4 is 16.0 Å². The third kappa shape index (κ3) is 5.65. The highest BCUT2D eigenvalue weighted by Gasteiger charge is 2.07. The van der Waals surface area contributed by atoms with E-state index in [2.05, 4.69) is 20.9 Å². The molecule has 126 valence electrons. The number of ether oxygens (including phenoxy) is 1. The van der Waals surface area contributed by atoms with Gasteiger partial charge in [-0.2, -0.15) is 0 Å². The van der Waals surface area contributed by atoms with E-state index in [0.29, 0.717) is 11.3 Å². The first kappa shape index (κ1) is 17.4. The fourth-order valence-electron chi connectivity index (χ4n) is 1.94. The van der Waals surface area contributed by atoms with E-state index >= 15 is 0 Å². The summed E-state index contributed by atoms with van der Waals surface area (Å²) in [6, 6.07) is 6.86. The second-order valence-electron chi connectivity index (χ2n) is 4.88. The molecule has 2 rings (SSSR count). The molecule has 1 aromatic carbocycles. The van der Waals surface area contributed by atoms with Crippen LogP contribution in [0, 0.1) is 5.82 Å². The standard InChI is InChI=1S/C16H17FN4O3/c1-24-10-15(22)19-8-11-5-12(17)7-14(6-11)21-16(23)20-13-3-2-4-18-9-13/h2-7,9H,8,10H2,1H3,(H,19,22)(H2,20,21,23). The number of anilines is 2. The van der Waals surface area contributed by atoms with Gasteiger partial charge in [0.2, 0.25) is 5.91 Å². The summed E-state index contributed by atoms with van der Waals surface area (Å²) >= 11 is 0. The molecule has 0 aliphatic heterocycles. The Kier molecular flexibility index (Phi) is 6.21. The Morgan fingerprint density at radius 1 is 1.21 bits per heavy atom. The van der Waals surface area contributed by atoms with E-state index in [9.17, 15) is 14.0 Å². The number of carbonyl (C=O) groups excluding carboxylic acids is 2. The van der Waals surface area contributed by atoms with Crippen molar-refractivity contribution >= 4 is 23.3 Å². The fourth-order valence-corrected chi connectivity index (χ4v) is 1.94. The highest BCUT2D eigenvalue weighted by Crippen LogP contribution is 2.15. The van der Waals surface area contributed by atoms with Crippen molar-refractivity contribution in [3.63, 3.8) is 0 Å². The Hall–Kier alpha value is -3.00. The van der Waals surface area contributed by atoms with Gasteiger partial charge in [0.25, 0.3) is 0 Å². The Balaban J connectivity index is 1.97. The van der Waals surface area contributed by atoms with Crippen molar-refractivity contribution in [2.24, 2.45) is 0 Å². The Labute approximate surface area is 138 Å². The molecular weight excluding hydrogens is 315 g/mol. The van der Waals surface area contributed by atoms with Crippen LogP contribution in [0.3, 0.4) is 0 Å². The summed E-state index contributed by atoms with van der Waals surface area (Å²) in [6.07, 6.45) is 3.07. The molecule has 0 radical (unpaired) electrons. The van der Waals surface area contributed by atoms with E-state index in [1.807, 2.05) is 0 Å². The molecule has 7 nitrogen and oxygen atoms in total. The zero-order chi connectivity index (χ0) is 17.4. The molecule has 0 fully saturated rings. The van der Waals surface area contributed by atoms with Crippen molar-refractivity contribution in [2.75, 3.05) is 24.4 Å². The molecule has 0 spiro atoms. The number of nitrogens with one attached hydrogen (secondary N) is 3. The third-order valence-corrected chi connectivity index (χ3v) is 2.90. The molecule has 8 heteroatoms. The number of halogens is 1. The van der Waals surface area contributed by atoms with Crippen molar-refractivity contribution in [1.29, 1.82) is 0 Å². The van der Waals surface area contributed by atoms with Crippen LogP contribution >= 0.6 is 0 Å². The molecule has 2 aromatic rings.